The van der Waals surface area contributed by atoms with Crippen molar-refractivity contribution in [1.29, 1.82) is 5.26 Å². The molecule has 240 valence electrons. The van der Waals surface area contributed by atoms with Crippen molar-refractivity contribution in [3.05, 3.63) is 54.1 Å². The third kappa shape index (κ3) is 5.30. The first-order chi connectivity index (χ1) is 22.1. The second-order valence-electron chi connectivity index (χ2n) is 11.8. The van der Waals surface area contributed by atoms with Crippen LogP contribution < -0.4 is 15.4 Å². The maximum absolute atomic E-state index is 16.8. The van der Waals surface area contributed by atoms with E-state index >= 15 is 4.39 Å². The monoisotopic (exact) mass is 647 g/mol. The second-order valence-corrected chi connectivity index (χ2v) is 12.9. The quantitative estimate of drug-likeness (QED) is 0.265. The molecule has 4 aromatic rings. The standard InChI is InChI=1S/C33H35F2N7O3S/c1-6-26(43)42-12-11-25(17(42)2)41(4)32-22-8-7-21(20-9-10-24(34)30-27(20)23(14-36)31(37)46-30)28(35)29(22)38-33(39-32)45-16-18-13-19(44-5)15-40(18)3/h6-10,17-19,25H,1,11-13,15-16,37H2,2-5H3/t17-,18+,19-,25?/m1/s1. The van der Waals surface area contributed by atoms with Crippen LogP contribution in [0.15, 0.2) is 36.9 Å². The van der Waals surface area contributed by atoms with Crippen LogP contribution in [0, 0.1) is 23.0 Å². The summed E-state index contributed by atoms with van der Waals surface area (Å²) in [6.07, 6.45) is 2.83. The van der Waals surface area contributed by atoms with Crippen LogP contribution in [0.2, 0.25) is 0 Å². The third-order valence-corrected chi connectivity index (χ3v) is 10.4. The summed E-state index contributed by atoms with van der Waals surface area (Å²) in [5, 5.41) is 10.7. The number of nitrogens with zero attached hydrogens (tertiary/aromatic N) is 6. The maximum atomic E-state index is 16.8. The summed E-state index contributed by atoms with van der Waals surface area (Å²) in [5.74, 6) is -0.905. The highest BCUT2D eigenvalue weighted by molar-refractivity contribution is 7.23. The molecular weight excluding hydrogens is 612 g/mol. The fraction of sp³-hybridized carbons (Fsp3) is 0.394. The van der Waals surface area contributed by atoms with Gasteiger partial charge in [-0.05, 0) is 50.6 Å². The van der Waals surface area contributed by atoms with E-state index in [0.717, 1.165) is 24.3 Å². The molecule has 46 heavy (non-hydrogen) atoms. The molecule has 2 aliphatic heterocycles. The van der Waals surface area contributed by atoms with Crippen molar-refractivity contribution in [2.24, 2.45) is 0 Å². The molecule has 2 fully saturated rings. The number of likely N-dealkylation sites (tertiary alicyclic amines) is 2. The lowest BCUT2D eigenvalue weighted by Gasteiger charge is -2.32. The molecule has 1 unspecified atom stereocenters. The van der Waals surface area contributed by atoms with E-state index < -0.39 is 11.6 Å². The van der Waals surface area contributed by atoms with E-state index in [1.165, 1.54) is 18.2 Å². The predicted molar refractivity (Wildman–Crippen MR) is 175 cm³/mol. The number of nitrogen functional groups attached to an aromatic ring is 1. The number of ether oxygens (including phenoxy) is 2. The summed E-state index contributed by atoms with van der Waals surface area (Å²) in [5.41, 5.74) is 6.64. The molecule has 0 radical (unpaired) electrons. The molecule has 4 atom stereocenters. The lowest BCUT2D eigenvalue weighted by Crippen LogP contribution is -2.43. The number of nitrogens with two attached hydrogens (primary N) is 1. The molecule has 0 spiro atoms. The highest BCUT2D eigenvalue weighted by Gasteiger charge is 2.37. The number of carbonyl (C=O) groups is 1. The normalized spacial score (nSPS) is 21.6. The van der Waals surface area contributed by atoms with Gasteiger partial charge in [0, 0.05) is 55.7 Å². The van der Waals surface area contributed by atoms with Gasteiger partial charge in [-0.2, -0.15) is 15.2 Å². The molecule has 6 rings (SSSR count). The molecule has 2 aliphatic rings. The first kappa shape index (κ1) is 31.6. The van der Waals surface area contributed by atoms with Crippen molar-refractivity contribution in [2.75, 3.05) is 51.5 Å². The van der Waals surface area contributed by atoms with Crippen LogP contribution in [0.25, 0.3) is 32.1 Å². The van der Waals surface area contributed by atoms with Crippen molar-refractivity contribution < 1.29 is 23.0 Å². The zero-order valence-corrected chi connectivity index (χ0v) is 26.9. The minimum absolute atomic E-state index is 0.00563. The van der Waals surface area contributed by atoms with Gasteiger partial charge in [-0.1, -0.05) is 18.7 Å². The number of nitriles is 1. The van der Waals surface area contributed by atoms with E-state index in [1.807, 2.05) is 32.0 Å². The Hall–Kier alpha value is -4.38. The van der Waals surface area contributed by atoms with E-state index in [1.54, 1.807) is 24.1 Å². The van der Waals surface area contributed by atoms with Gasteiger partial charge in [-0.25, -0.2) is 8.78 Å². The van der Waals surface area contributed by atoms with Crippen molar-refractivity contribution >= 4 is 49.1 Å². The van der Waals surface area contributed by atoms with Crippen LogP contribution in [0.1, 0.15) is 25.3 Å². The van der Waals surface area contributed by atoms with E-state index in [2.05, 4.69) is 16.5 Å². The molecular formula is C33H35F2N7O3S. The van der Waals surface area contributed by atoms with Gasteiger partial charge in [0.1, 0.15) is 34.8 Å². The Kier molecular flexibility index (Phi) is 8.54. The molecule has 1 amide bonds. The highest BCUT2D eigenvalue weighted by atomic mass is 32.1. The van der Waals surface area contributed by atoms with E-state index in [0.29, 0.717) is 29.7 Å². The van der Waals surface area contributed by atoms with Gasteiger partial charge in [0.25, 0.3) is 0 Å². The summed E-state index contributed by atoms with van der Waals surface area (Å²) >= 11 is 0.954. The fourth-order valence-corrected chi connectivity index (χ4v) is 7.73. The number of anilines is 2. The fourth-order valence-electron chi connectivity index (χ4n) is 6.78. The van der Waals surface area contributed by atoms with Crippen LogP contribution in [0.4, 0.5) is 19.6 Å². The molecule has 2 saturated heterocycles. The first-order valence-electron chi connectivity index (χ1n) is 15.0. The molecule has 0 aliphatic carbocycles. The zero-order chi connectivity index (χ0) is 32.9. The molecule has 2 aromatic heterocycles. The van der Waals surface area contributed by atoms with Crippen LogP contribution in [-0.4, -0.2) is 90.8 Å². The van der Waals surface area contributed by atoms with Gasteiger partial charge in [0.15, 0.2) is 5.82 Å². The number of amides is 1. The number of methoxy groups -OCH3 is 1. The van der Waals surface area contributed by atoms with E-state index in [-0.39, 0.29) is 74.5 Å². The van der Waals surface area contributed by atoms with Gasteiger partial charge < -0.3 is 25.0 Å². The third-order valence-electron chi connectivity index (χ3n) is 9.38. The molecule has 2 aromatic carbocycles. The number of thiophene rings is 1. The minimum atomic E-state index is -0.665. The van der Waals surface area contributed by atoms with Gasteiger partial charge in [0.2, 0.25) is 5.91 Å². The number of fused-ring (bicyclic) bond motifs is 2. The molecule has 13 heteroatoms. The average Bonchev–Trinajstić information content (AvgIpc) is 3.73. The minimum Gasteiger partial charge on any atom is -0.462 e. The van der Waals surface area contributed by atoms with Crippen LogP contribution in [0.3, 0.4) is 0 Å². The summed E-state index contributed by atoms with van der Waals surface area (Å²) in [6, 6.07) is 7.83. The lowest BCUT2D eigenvalue weighted by atomic mass is 9.97. The van der Waals surface area contributed by atoms with E-state index in [4.69, 9.17) is 20.2 Å². The van der Waals surface area contributed by atoms with Crippen molar-refractivity contribution in [2.45, 2.75) is 44.0 Å². The SMILES string of the molecule is C=CC(=O)N1CCC(N(C)c2nc(OC[C@@H]3C[C@@H](OC)CN3C)nc3c(F)c(-c4ccc(F)c5sc(N)c(C#N)c45)ccc23)[C@H]1C. The second kappa shape index (κ2) is 12.4. The van der Waals surface area contributed by atoms with Crippen LogP contribution >= 0.6 is 11.3 Å². The topological polar surface area (TPSA) is 121 Å². The molecule has 4 heterocycles. The molecule has 10 nitrogen and oxygen atoms in total. The first-order valence-corrected chi connectivity index (χ1v) is 15.8. The Balaban J connectivity index is 1.47. The van der Waals surface area contributed by atoms with Gasteiger partial charge in [-0.3, -0.25) is 9.69 Å². The Bertz CT molecular complexity index is 1890. The summed E-state index contributed by atoms with van der Waals surface area (Å²) < 4.78 is 43.4. The Morgan fingerprint density at radius 1 is 1.28 bits per heavy atom. The smallest absolute Gasteiger partial charge is 0.319 e. The summed E-state index contributed by atoms with van der Waals surface area (Å²) in [4.78, 5) is 27.7. The number of hydrogen-bond donors (Lipinski definition) is 1. The lowest BCUT2D eigenvalue weighted by molar-refractivity contribution is -0.126. The van der Waals surface area contributed by atoms with Gasteiger partial charge >= 0.3 is 6.01 Å². The largest absolute Gasteiger partial charge is 0.462 e. The number of halogens is 2. The number of aromatic nitrogens is 2. The van der Waals surface area contributed by atoms with Crippen molar-refractivity contribution in [3.8, 4) is 23.2 Å². The van der Waals surface area contributed by atoms with Crippen LogP contribution in [0.5, 0.6) is 6.01 Å². The Morgan fingerprint density at radius 3 is 2.74 bits per heavy atom. The van der Waals surface area contributed by atoms with Crippen LogP contribution in [-0.2, 0) is 9.53 Å². The van der Waals surface area contributed by atoms with Crippen molar-refractivity contribution in [3.63, 3.8) is 0 Å². The summed E-state index contributed by atoms with van der Waals surface area (Å²) in [6.45, 7) is 7.18. The number of hydrogen-bond acceptors (Lipinski definition) is 10. The number of rotatable bonds is 8. The Morgan fingerprint density at radius 2 is 2.04 bits per heavy atom. The predicted octanol–water partition coefficient (Wildman–Crippen LogP) is 4.95. The van der Waals surface area contributed by atoms with E-state index in [9.17, 15) is 14.4 Å². The molecule has 2 N–H and O–H groups in total. The molecule has 0 bridgehead atoms. The number of likely N-dealkylation sites (N-methyl/N-ethyl adjacent to an activating group) is 2. The van der Waals surface area contributed by atoms with Gasteiger partial charge in [0.05, 0.1) is 22.4 Å². The average molecular weight is 648 g/mol. The zero-order valence-electron chi connectivity index (χ0n) is 26.1. The van der Waals surface area contributed by atoms with Gasteiger partial charge in [-0.15, -0.1) is 11.3 Å². The Labute approximate surface area is 269 Å². The highest BCUT2D eigenvalue weighted by Crippen LogP contribution is 2.43. The number of carbonyl (C=O) groups excluding carboxylic acids is 1. The number of benzene rings is 2. The van der Waals surface area contributed by atoms with Crippen molar-refractivity contribution in [1.82, 2.24) is 19.8 Å². The maximum Gasteiger partial charge on any atom is 0.319 e. The summed E-state index contributed by atoms with van der Waals surface area (Å²) in [7, 11) is 5.54. The molecule has 0 saturated carbocycles.